The summed E-state index contributed by atoms with van der Waals surface area (Å²) >= 11 is 0. The van der Waals surface area contributed by atoms with Gasteiger partial charge >= 0.3 is 5.97 Å². The normalized spacial score (nSPS) is 11.6. The molecule has 3 nitrogen and oxygen atoms in total. The molecule has 31 heavy (non-hydrogen) atoms. The molecule has 0 bridgehead atoms. The van der Waals surface area contributed by atoms with Crippen molar-refractivity contribution in [1.29, 1.82) is 0 Å². The molecule has 0 spiro atoms. The lowest BCUT2D eigenvalue weighted by atomic mass is 9.93. The van der Waals surface area contributed by atoms with Crippen LogP contribution in [0.4, 0.5) is 0 Å². The van der Waals surface area contributed by atoms with Gasteiger partial charge in [0.1, 0.15) is 11.4 Å². The summed E-state index contributed by atoms with van der Waals surface area (Å²) in [6.45, 7) is 6.10. The number of rotatable bonds is 6. The lowest BCUT2D eigenvalue weighted by molar-refractivity contribution is -0.155. The Morgan fingerprint density at radius 3 is 2.16 bits per heavy atom. The molecule has 0 aliphatic carbocycles. The average molecular weight is 413 g/mol. The summed E-state index contributed by atoms with van der Waals surface area (Å²) in [4.78, 5) is 12.0. The van der Waals surface area contributed by atoms with Crippen molar-refractivity contribution in [1.82, 2.24) is 0 Å². The molecule has 0 unspecified atom stereocenters. The monoisotopic (exact) mass is 412 g/mol. The Morgan fingerprint density at radius 2 is 1.42 bits per heavy atom. The van der Waals surface area contributed by atoms with Gasteiger partial charge in [0.05, 0.1) is 6.61 Å². The zero-order valence-electron chi connectivity index (χ0n) is 18.4. The Labute approximate surface area is 183 Å². The van der Waals surface area contributed by atoms with Crippen LogP contribution in [0.2, 0.25) is 0 Å². The van der Waals surface area contributed by atoms with E-state index in [0.717, 1.165) is 22.3 Å². The van der Waals surface area contributed by atoms with Crippen molar-refractivity contribution in [3.63, 3.8) is 0 Å². The number of hydrogen-bond donors (Lipinski definition) is 0. The molecule has 0 aromatic heterocycles. The SMILES string of the molecule is CC(C)(C)OC(=O)CCCOc1ccc2ccccc2c1-c1cccc2ccccc12. The number of carbonyl (C=O) groups excluding carboxylic acids is 1. The summed E-state index contributed by atoms with van der Waals surface area (Å²) in [5, 5.41) is 4.72. The molecule has 0 radical (unpaired) electrons. The van der Waals surface area contributed by atoms with Crippen molar-refractivity contribution in [3.05, 3.63) is 78.9 Å². The minimum Gasteiger partial charge on any atom is -0.493 e. The molecule has 4 aromatic rings. The molecule has 0 fully saturated rings. The maximum Gasteiger partial charge on any atom is 0.306 e. The fourth-order valence-corrected chi connectivity index (χ4v) is 3.88. The zero-order chi connectivity index (χ0) is 21.8. The van der Waals surface area contributed by atoms with Gasteiger partial charge in [-0.3, -0.25) is 4.79 Å². The minimum atomic E-state index is -0.460. The molecule has 0 heterocycles. The van der Waals surface area contributed by atoms with Crippen LogP contribution in [-0.2, 0) is 9.53 Å². The summed E-state index contributed by atoms with van der Waals surface area (Å²) in [5.41, 5.74) is 1.78. The van der Waals surface area contributed by atoms with E-state index in [4.69, 9.17) is 9.47 Å². The van der Waals surface area contributed by atoms with Crippen molar-refractivity contribution >= 4 is 27.5 Å². The first-order chi connectivity index (χ1) is 14.9. The van der Waals surface area contributed by atoms with E-state index in [2.05, 4.69) is 72.8 Å². The van der Waals surface area contributed by atoms with Crippen molar-refractivity contribution in [3.8, 4) is 16.9 Å². The molecule has 0 N–H and O–H groups in total. The molecule has 0 saturated carbocycles. The van der Waals surface area contributed by atoms with Crippen molar-refractivity contribution in [2.24, 2.45) is 0 Å². The summed E-state index contributed by atoms with van der Waals surface area (Å²) in [6.07, 6.45) is 0.950. The Balaban J connectivity index is 1.65. The van der Waals surface area contributed by atoms with E-state index >= 15 is 0 Å². The number of esters is 1. The van der Waals surface area contributed by atoms with Crippen LogP contribution in [-0.4, -0.2) is 18.2 Å². The van der Waals surface area contributed by atoms with E-state index < -0.39 is 5.60 Å². The van der Waals surface area contributed by atoms with Crippen molar-refractivity contribution < 1.29 is 14.3 Å². The highest BCUT2D eigenvalue weighted by molar-refractivity contribution is 6.07. The van der Waals surface area contributed by atoms with Crippen molar-refractivity contribution in [2.75, 3.05) is 6.61 Å². The molecule has 4 rings (SSSR count). The van der Waals surface area contributed by atoms with E-state index in [-0.39, 0.29) is 5.97 Å². The summed E-state index contributed by atoms with van der Waals surface area (Å²) in [5.74, 6) is 0.642. The molecule has 4 aromatic carbocycles. The Kier molecular flexibility index (Phi) is 5.94. The predicted molar refractivity (Wildman–Crippen MR) is 127 cm³/mol. The van der Waals surface area contributed by atoms with Gasteiger partial charge in [-0.15, -0.1) is 0 Å². The first-order valence-corrected chi connectivity index (χ1v) is 10.8. The van der Waals surface area contributed by atoms with Gasteiger partial charge in [-0.25, -0.2) is 0 Å². The zero-order valence-corrected chi connectivity index (χ0v) is 18.4. The van der Waals surface area contributed by atoms with Gasteiger partial charge in [0.15, 0.2) is 0 Å². The maximum absolute atomic E-state index is 12.0. The highest BCUT2D eigenvalue weighted by atomic mass is 16.6. The Bertz CT molecular complexity index is 1210. The fraction of sp³-hybridized carbons (Fsp3) is 0.250. The molecule has 0 saturated heterocycles. The molecule has 0 aliphatic heterocycles. The van der Waals surface area contributed by atoms with E-state index in [1.54, 1.807) is 0 Å². The second-order valence-corrected chi connectivity index (χ2v) is 8.73. The molecule has 0 atom stereocenters. The van der Waals surface area contributed by atoms with Gasteiger partial charge in [-0.1, -0.05) is 72.8 Å². The van der Waals surface area contributed by atoms with Crippen LogP contribution in [0.5, 0.6) is 5.75 Å². The molecule has 0 aliphatic rings. The predicted octanol–water partition coefficient (Wildman–Crippen LogP) is 7.16. The van der Waals surface area contributed by atoms with E-state index in [0.29, 0.717) is 19.4 Å². The quantitative estimate of drug-likeness (QED) is 0.249. The summed E-state index contributed by atoms with van der Waals surface area (Å²) in [7, 11) is 0. The first-order valence-electron chi connectivity index (χ1n) is 10.8. The van der Waals surface area contributed by atoms with Gasteiger partial charge in [0.2, 0.25) is 0 Å². The highest BCUT2D eigenvalue weighted by Gasteiger charge is 2.17. The molecular formula is C28H28O3. The van der Waals surface area contributed by atoms with Crippen LogP contribution in [0.15, 0.2) is 78.9 Å². The molecule has 0 amide bonds. The first kappa shape index (κ1) is 20.9. The second-order valence-electron chi connectivity index (χ2n) is 8.73. The lowest BCUT2D eigenvalue weighted by Crippen LogP contribution is -2.23. The molecular weight excluding hydrogens is 384 g/mol. The van der Waals surface area contributed by atoms with E-state index in [1.165, 1.54) is 16.2 Å². The van der Waals surface area contributed by atoms with Crippen LogP contribution in [0.25, 0.3) is 32.7 Å². The van der Waals surface area contributed by atoms with Gasteiger partial charge in [-0.05, 0) is 60.4 Å². The Morgan fingerprint density at radius 1 is 0.774 bits per heavy atom. The standard InChI is InChI=1S/C28H28O3/c1-28(2,3)31-26(29)16-9-19-30-25-18-17-21-11-5-7-14-23(21)27(25)24-15-8-12-20-10-4-6-13-22(20)24/h4-8,10-15,17-18H,9,16,19H2,1-3H3. The van der Waals surface area contributed by atoms with Crippen LogP contribution in [0, 0.1) is 0 Å². The third-order valence-corrected chi connectivity index (χ3v) is 5.15. The van der Waals surface area contributed by atoms with Gasteiger partial charge in [-0.2, -0.15) is 0 Å². The number of benzene rings is 4. The number of carbonyl (C=O) groups is 1. The lowest BCUT2D eigenvalue weighted by Gasteiger charge is -2.19. The van der Waals surface area contributed by atoms with Crippen LogP contribution in [0.3, 0.4) is 0 Å². The number of hydrogen-bond acceptors (Lipinski definition) is 3. The third kappa shape index (κ3) is 4.88. The largest absolute Gasteiger partial charge is 0.493 e. The smallest absolute Gasteiger partial charge is 0.306 e. The van der Waals surface area contributed by atoms with Crippen molar-refractivity contribution in [2.45, 2.75) is 39.2 Å². The highest BCUT2D eigenvalue weighted by Crippen LogP contribution is 2.40. The van der Waals surface area contributed by atoms with Gasteiger partial charge in [0.25, 0.3) is 0 Å². The second kappa shape index (κ2) is 8.81. The number of ether oxygens (including phenoxy) is 2. The van der Waals surface area contributed by atoms with E-state index in [1.807, 2.05) is 26.8 Å². The van der Waals surface area contributed by atoms with Crippen LogP contribution < -0.4 is 4.74 Å². The third-order valence-electron chi connectivity index (χ3n) is 5.15. The van der Waals surface area contributed by atoms with Crippen LogP contribution in [0.1, 0.15) is 33.6 Å². The molecule has 158 valence electrons. The fourth-order valence-electron chi connectivity index (χ4n) is 3.88. The van der Waals surface area contributed by atoms with Gasteiger partial charge in [0, 0.05) is 12.0 Å². The molecule has 3 heteroatoms. The van der Waals surface area contributed by atoms with Crippen LogP contribution >= 0.6 is 0 Å². The Hall–Kier alpha value is -3.33. The minimum absolute atomic E-state index is 0.191. The van der Waals surface area contributed by atoms with Gasteiger partial charge < -0.3 is 9.47 Å². The average Bonchev–Trinajstić information content (AvgIpc) is 2.75. The summed E-state index contributed by atoms with van der Waals surface area (Å²) in [6, 6.07) is 27.3. The maximum atomic E-state index is 12.0. The number of fused-ring (bicyclic) bond motifs is 2. The topological polar surface area (TPSA) is 35.5 Å². The van der Waals surface area contributed by atoms with E-state index in [9.17, 15) is 4.79 Å². The summed E-state index contributed by atoms with van der Waals surface area (Å²) < 4.78 is 11.6.